The Bertz CT molecular complexity index is 992. The van der Waals surface area contributed by atoms with Gasteiger partial charge in [-0.15, -0.1) is 0 Å². The van der Waals surface area contributed by atoms with Gasteiger partial charge in [0.1, 0.15) is 11.4 Å². The lowest BCUT2D eigenvalue weighted by molar-refractivity contribution is -0.136. The molecule has 30 heavy (non-hydrogen) atoms. The van der Waals surface area contributed by atoms with Crippen LogP contribution >= 0.6 is 0 Å². The Morgan fingerprint density at radius 3 is 2.43 bits per heavy atom. The molecule has 156 valence electrons. The lowest BCUT2D eigenvalue weighted by Crippen LogP contribution is -2.37. The number of hydrogen-bond donors (Lipinski definition) is 0. The summed E-state index contributed by atoms with van der Waals surface area (Å²) in [6.45, 7) is 7.08. The second-order valence-electron chi connectivity index (χ2n) is 8.06. The van der Waals surface area contributed by atoms with Gasteiger partial charge < -0.3 is 9.64 Å². The molecule has 2 heterocycles. The minimum absolute atomic E-state index is 0.0743. The highest BCUT2D eigenvalue weighted by atomic mass is 16.5. The third-order valence-electron chi connectivity index (χ3n) is 5.49. The lowest BCUT2D eigenvalue weighted by atomic mass is 9.98. The maximum absolute atomic E-state index is 13.4. The first-order valence-corrected chi connectivity index (χ1v) is 10.7. The summed E-state index contributed by atoms with van der Waals surface area (Å²) >= 11 is 0. The van der Waals surface area contributed by atoms with E-state index in [0.717, 1.165) is 42.8 Å². The van der Waals surface area contributed by atoms with Gasteiger partial charge in [0.25, 0.3) is 11.8 Å². The number of carbonyl (C=O) groups excluding carboxylic acids is 2. The number of anilines is 1. The lowest BCUT2D eigenvalue weighted by Gasteiger charge is -2.32. The summed E-state index contributed by atoms with van der Waals surface area (Å²) < 4.78 is 5.74. The summed E-state index contributed by atoms with van der Waals surface area (Å²) in [5.41, 5.74) is 3.97. The summed E-state index contributed by atoms with van der Waals surface area (Å²) in [4.78, 5) is 30.1. The molecule has 0 bridgehead atoms. The monoisotopic (exact) mass is 404 g/mol. The topological polar surface area (TPSA) is 49.9 Å². The number of carbonyl (C=O) groups is 2. The number of aryl methyl sites for hydroxylation is 1. The molecule has 0 atom stereocenters. The van der Waals surface area contributed by atoms with Gasteiger partial charge in [-0.1, -0.05) is 37.3 Å². The normalized spacial score (nSPS) is 16.5. The molecule has 5 heteroatoms. The molecule has 0 saturated heterocycles. The van der Waals surface area contributed by atoms with E-state index in [4.69, 9.17) is 4.74 Å². The molecule has 2 aromatic rings. The van der Waals surface area contributed by atoms with Crippen molar-refractivity contribution in [1.29, 1.82) is 0 Å². The molecule has 0 spiro atoms. The zero-order valence-electron chi connectivity index (χ0n) is 17.9. The van der Waals surface area contributed by atoms with Crippen LogP contribution in [-0.4, -0.2) is 35.9 Å². The van der Waals surface area contributed by atoms with Crippen molar-refractivity contribution in [3.63, 3.8) is 0 Å². The number of rotatable bonds is 6. The maximum atomic E-state index is 13.4. The molecule has 0 fully saturated rings. The Balaban J connectivity index is 1.82. The molecule has 0 radical (unpaired) electrons. The standard InChI is InChI=1S/C25H28N2O3/c1-4-15-27-24(28)22(19-11-13-20(14-12-19)30-17(2)3)23(25(27)29)26-16-7-9-18-8-5-6-10-21(18)26/h5-6,8,10-14,17H,4,7,9,15-16H2,1-3H3. The molecule has 0 saturated carbocycles. The van der Waals surface area contributed by atoms with E-state index in [1.165, 1.54) is 10.5 Å². The highest BCUT2D eigenvalue weighted by Crippen LogP contribution is 2.38. The van der Waals surface area contributed by atoms with Crippen LogP contribution in [-0.2, 0) is 16.0 Å². The molecule has 0 unspecified atom stereocenters. The van der Waals surface area contributed by atoms with Crippen LogP contribution in [0, 0.1) is 0 Å². The first kappa shape index (κ1) is 20.2. The van der Waals surface area contributed by atoms with Gasteiger partial charge in [0.2, 0.25) is 0 Å². The van der Waals surface area contributed by atoms with Crippen molar-refractivity contribution in [3.8, 4) is 5.75 Å². The average Bonchev–Trinajstić information content (AvgIpc) is 2.98. The van der Waals surface area contributed by atoms with Gasteiger partial charge in [0, 0.05) is 18.8 Å². The Hall–Kier alpha value is -3.08. The van der Waals surface area contributed by atoms with Crippen LogP contribution in [0.5, 0.6) is 5.75 Å². The minimum atomic E-state index is -0.211. The van der Waals surface area contributed by atoms with Crippen LogP contribution in [0.25, 0.3) is 5.57 Å². The first-order chi connectivity index (χ1) is 14.5. The van der Waals surface area contributed by atoms with Gasteiger partial charge in [-0.3, -0.25) is 14.5 Å². The number of amides is 2. The summed E-state index contributed by atoms with van der Waals surface area (Å²) in [7, 11) is 0. The predicted molar refractivity (Wildman–Crippen MR) is 118 cm³/mol. The maximum Gasteiger partial charge on any atom is 0.278 e. The highest BCUT2D eigenvalue weighted by molar-refractivity contribution is 6.36. The van der Waals surface area contributed by atoms with E-state index >= 15 is 0 Å². The Morgan fingerprint density at radius 2 is 1.73 bits per heavy atom. The van der Waals surface area contributed by atoms with Crippen LogP contribution in [0.1, 0.15) is 44.7 Å². The van der Waals surface area contributed by atoms with Gasteiger partial charge in [0.05, 0.1) is 11.7 Å². The number of para-hydroxylation sites is 1. The number of hydrogen-bond acceptors (Lipinski definition) is 4. The van der Waals surface area contributed by atoms with Crippen LogP contribution in [0.3, 0.4) is 0 Å². The van der Waals surface area contributed by atoms with Crippen molar-refractivity contribution in [2.75, 3.05) is 18.0 Å². The number of fused-ring (bicyclic) bond motifs is 1. The zero-order chi connectivity index (χ0) is 21.3. The summed E-state index contributed by atoms with van der Waals surface area (Å²) in [6, 6.07) is 15.6. The van der Waals surface area contributed by atoms with Crippen LogP contribution < -0.4 is 9.64 Å². The van der Waals surface area contributed by atoms with Crippen LogP contribution in [0.15, 0.2) is 54.2 Å². The SMILES string of the molecule is CCCN1C(=O)C(c2ccc(OC(C)C)cc2)=C(N2CCCc3ccccc32)C1=O. The van der Waals surface area contributed by atoms with Gasteiger partial charge in [0.15, 0.2) is 0 Å². The Kier molecular flexibility index (Phi) is 5.62. The zero-order valence-corrected chi connectivity index (χ0v) is 17.9. The van der Waals surface area contributed by atoms with Crippen molar-refractivity contribution >= 4 is 23.1 Å². The summed E-state index contributed by atoms with van der Waals surface area (Å²) in [5, 5.41) is 0. The fraction of sp³-hybridized carbons (Fsp3) is 0.360. The van der Waals surface area contributed by atoms with E-state index in [1.807, 2.05) is 68.1 Å². The van der Waals surface area contributed by atoms with E-state index in [9.17, 15) is 9.59 Å². The molecular weight excluding hydrogens is 376 g/mol. The number of imide groups is 1. The quantitative estimate of drug-likeness (QED) is 0.669. The molecule has 0 aliphatic carbocycles. The Morgan fingerprint density at radius 1 is 1.00 bits per heavy atom. The molecule has 4 rings (SSSR count). The number of nitrogens with zero attached hydrogens (tertiary/aromatic N) is 2. The molecule has 2 aliphatic rings. The van der Waals surface area contributed by atoms with Crippen molar-refractivity contribution < 1.29 is 14.3 Å². The van der Waals surface area contributed by atoms with Crippen LogP contribution in [0.4, 0.5) is 5.69 Å². The van der Waals surface area contributed by atoms with Crippen molar-refractivity contribution in [1.82, 2.24) is 4.90 Å². The third-order valence-corrected chi connectivity index (χ3v) is 5.49. The molecule has 0 N–H and O–H groups in total. The first-order valence-electron chi connectivity index (χ1n) is 10.7. The molecule has 2 aliphatic heterocycles. The van der Waals surface area contributed by atoms with Gasteiger partial charge in [-0.25, -0.2) is 0 Å². The fourth-order valence-corrected chi connectivity index (χ4v) is 4.24. The van der Waals surface area contributed by atoms with Crippen molar-refractivity contribution in [2.45, 2.75) is 46.1 Å². The van der Waals surface area contributed by atoms with E-state index in [1.54, 1.807) is 0 Å². The van der Waals surface area contributed by atoms with Crippen LogP contribution in [0.2, 0.25) is 0 Å². The molecule has 2 amide bonds. The second kappa shape index (κ2) is 8.34. The third kappa shape index (κ3) is 3.60. The minimum Gasteiger partial charge on any atom is -0.491 e. The summed E-state index contributed by atoms with van der Waals surface area (Å²) in [6.07, 6.45) is 2.74. The fourth-order valence-electron chi connectivity index (χ4n) is 4.24. The largest absolute Gasteiger partial charge is 0.491 e. The van der Waals surface area contributed by atoms with E-state index < -0.39 is 0 Å². The van der Waals surface area contributed by atoms with E-state index in [-0.39, 0.29) is 17.9 Å². The molecule has 0 aromatic heterocycles. The smallest absolute Gasteiger partial charge is 0.278 e. The average molecular weight is 405 g/mol. The van der Waals surface area contributed by atoms with E-state index in [2.05, 4.69) is 6.07 Å². The highest BCUT2D eigenvalue weighted by Gasteiger charge is 2.42. The molecule has 5 nitrogen and oxygen atoms in total. The van der Waals surface area contributed by atoms with Gasteiger partial charge in [-0.2, -0.15) is 0 Å². The summed E-state index contributed by atoms with van der Waals surface area (Å²) in [5.74, 6) is 0.342. The second-order valence-corrected chi connectivity index (χ2v) is 8.06. The molecular formula is C25H28N2O3. The Labute approximate surface area is 177 Å². The van der Waals surface area contributed by atoms with E-state index in [0.29, 0.717) is 17.8 Å². The van der Waals surface area contributed by atoms with Crippen molar-refractivity contribution in [2.24, 2.45) is 0 Å². The predicted octanol–water partition coefficient (Wildman–Crippen LogP) is 4.42. The van der Waals surface area contributed by atoms with Crippen molar-refractivity contribution in [3.05, 3.63) is 65.4 Å². The molecule has 2 aromatic carbocycles. The van der Waals surface area contributed by atoms with Gasteiger partial charge in [-0.05, 0) is 62.4 Å². The van der Waals surface area contributed by atoms with Gasteiger partial charge >= 0.3 is 0 Å². The number of ether oxygens (including phenoxy) is 1. The number of benzene rings is 2.